The van der Waals surface area contributed by atoms with Gasteiger partial charge in [-0.05, 0) is 86.2 Å². The second-order valence-corrected chi connectivity index (χ2v) is 11.5. The van der Waals surface area contributed by atoms with Crippen LogP contribution in [-0.2, 0) is 19.2 Å². The number of ketones is 2. The molecule has 5 aliphatic rings. The first-order valence-electron chi connectivity index (χ1n) is 13.4. The van der Waals surface area contributed by atoms with Crippen molar-refractivity contribution in [3.8, 4) is 0 Å². The Morgan fingerprint density at radius 2 is 1.73 bits per heavy atom. The maximum absolute atomic E-state index is 12.8. The number of nitrogens with one attached hydrogen (secondary N) is 2. The number of carbonyl (C=O) groups is 4. The molecule has 37 heavy (non-hydrogen) atoms. The molecule has 0 radical (unpaired) electrons. The van der Waals surface area contributed by atoms with Crippen LogP contribution in [0.15, 0.2) is 47.8 Å². The van der Waals surface area contributed by atoms with Gasteiger partial charge >= 0.3 is 0 Å². The van der Waals surface area contributed by atoms with Gasteiger partial charge in [0.05, 0.1) is 6.10 Å². The van der Waals surface area contributed by atoms with E-state index in [4.69, 9.17) is 0 Å². The van der Waals surface area contributed by atoms with Crippen LogP contribution in [0.25, 0.3) is 0 Å². The van der Waals surface area contributed by atoms with Crippen LogP contribution < -0.4 is 10.6 Å². The molecular weight excluding hydrogens is 472 g/mol. The summed E-state index contributed by atoms with van der Waals surface area (Å²) in [6, 6.07) is -1.15. The highest BCUT2D eigenvalue weighted by molar-refractivity contribution is 6.27. The van der Waals surface area contributed by atoms with Gasteiger partial charge in [-0.3, -0.25) is 19.2 Å². The second kappa shape index (κ2) is 10.0. The highest BCUT2D eigenvalue weighted by atomic mass is 16.3. The molecule has 0 aromatic heterocycles. The topological polar surface area (TPSA) is 133 Å². The van der Waals surface area contributed by atoms with Gasteiger partial charge in [0.1, 0.15) is 23.2 Å². The summed E-state index contributed by atoms with van der Waals surface area (Å²) < 4.78 is 0. The summed E-state index contributed by atoms with van der Waals surface area (Å²) in [5.74, 6) is 0.217. The normalized spacial score (nSPS) is 43.5. The molecule has 10 atom stereocenters. The molecule has 3 aliphatic carbocycles. The highest BCUT2D eigenvalue weighted by Gasteiger charge is 2.53. The third kappa shape index (κ3) is 4.60. The zero-order valence-corrected chi connectivity index (χ0v) is 21.3. The van der Waals surface area contributed by atoms with Gasteiger partial charge in [-0.25, -0.2) is 0 Å². The molecule has 2 aliphatic heterocycles. The predicted molar refractivity (Wildman–Crippen MR) is 136 cm³/mol. The molecular formula is C29H36N2O6. The summed E-state index contributed by atoms with van der Waals surface area (Å²) in [5.41, 5.74) is -0.336. The van der Waals surface area contributed by atoms with Gasteiger partial charge in [-0.1, -0.05) is 31.2 Å². The Morgan fingerprint density at radius 3 is 2.49 bits per heavy atom. The van der Waals surface area contributed by atoms with Crippen molar-refractivity contribution >= 4 is 23.4 Å². The summed E-state index contributed by atoms with van der Waals surface area (Å²) in [6.07, 6.45) is 12.7. The lowest BCUT2D eigenvalue weighted by molar-refractivity contribution is -0.123. The van der Waals surface area contributed by atoms with Crippen LogP contribution in [0, 0.1) is 47.3 Å². The lowest BCUT2D eigenvalue weighted by atomic mass is 9.69. The summed E-state index contributed by atoms with van der Waals surface area (Å²) in [4.78, 5) is 50.1. The van der Waals surface area contributed by atoms with Crippen LogP contribution in [0.1, 0.15) is 39.5 Å². The first-order chi connectivity index (χ1) is 17.7. The largest absolute Gasteiger partial charge is 0.507 e. The molecule has 0 aromatic rings. The average Bonchev–Trinajstić information content (AvgIpc) is 3.47. The SMILES string of the molecule is CC(=O)[C@H]1[C@@H]2C=C[C@@H]3[C@H]4C/C=C/C(=O)NCC[C@@H](O)[C@@H]5NC(=O)C(=C(O)/C=C/[C@@H]4C[C@@H]3[C@H]2C[C@H]1C)C5=O. The summed E-state index contributed by atoms with van der Waals surface area (Å²) in [5, 5.41) is 26.3. The molecule has 5 rings (SSSR count). The maximum atomic E-state index is 12.8. The van der Waals surface area contributed by atoms with Crippen LogP contribution >= 0.6 is 0 Å². The van der Waals surface area contributed by atoms with Crippen molar-refractivity contribution in [2.75, 3.05) is 6.54 Å². The van der Waals surface area contributed by atoms with E-state index < -0.39 is 23.8 Å². The second-order valence-electron chi connectivity index (χ2n) is 11.5. The van der Waals surface area contributed by atoms with Gasteiger partial charge in [0.25, 0.3) is 5.91 Å². The van der Waals surface area contributed by atoms with E-state index in [0.29, 0.717) is 24.2 Å². The van der Waals surface area contributed by atoms with Gasteiger partial charge in [0.15, 0.2) is 5.78 Å². The monoisotopic (exact) mass is 508 g/mol. The summed E-state index contributed by atoms with van der Waals surface area (Å²) in [7, 11) is 0. The number of fused-ring (bicyclic) bond motifs is 7. The van der Waals surface area contributed by atoms with Gasteiger partial charge in [-0.15, -0.1) is 0 Å². The van der Waals surface area contributed by atoms with Crippen LogP contribution in [0.4, 0.5) is 0 Å². The Balaban J connectivity index is 1.47. The first kappa shape index (κ1) is 25.6. The Kier molecular flexibility index (Phi) is 6.96. The number of Topliss-reactive ketones (excluding diaryl/α,β-unsaturated/α-hetero) is 2. The number of aliphatic hydroxyl groups excluding tert-OH is 2. The lowest BCUT2D eigenvalue weighted by Crippen LogP contribution is -2.42. The van der Waals surface area contributed by atoms with E-state index in [0.717, 1.165) is 12.8 Å². The van der Waals surface area contributed by atoms with Gasteiger partial charge in [0.2, 0.25) is 5.91 Å². The summed E-state index contributed by atoms with van der Waals surface area (Å²) >= 11 is 0. The van der Waals surface area contributed by atoms with Gasteiger partial charge < -0.3 is 20.8 Å². The predicted octanol–water partition coefficient (Wildman–Crippen LogP) is 2.16. The minimum Gasteiger partial charge on any atom is -0.507 e. The minimum atomic E-state index is -1.18. The van der Waals surface area contributed by atoms with Crippen LogP contribution in [0.2, 0.25) is 0 Å². The van der Waals surface area contributed by atoms with Crippen molar-refractivity contribution in [3.05, 3.63) is 47.8 Å². The van der Waals surface area contributed by atoms with Crippen molar-refractivity contribution in [2.24, 2.45) is 47.3 Å². The van der Waals surface area contributed by atoms with Gasteiger partial charge in [-0.2, -0.15) is 0 Å². The molecule has 4 N–H and O–H groups in total. The van der Waals surface area contributed by atoms with Crippen molar-refractivity contribution < 1.29 is 29.4 Å². The molecule has 3 fully saturated rings. The first-order valence-corrected chi connectivity index (χ1v) is 13.4. The number of aliphatic hydroxyl groups is 2. The van der Waals surface area contributed by atoms with E-state index in [2.05, 4.69) is 29.7 Å². The molecule has 2 amide bonds. The van der Waals surface area contributed by atoms with Crippen LogP contribution in [0.3, 0.4) is 0 Å². The zero-order chi connectivity index (χ0) is 26.4. The third-order valence-corrected chi connectivity index (χ3v) is 9.43. The van der Waals surface area contributed by atoms with E-state index in [1.165, 1.54) is 12.2 Å². The summed E-state index contributed by atoms with van der Waals surface area (Å²) in [6.45, 7) is 4.01. The highest BCUT2D eigenvalue weighted by Crippen LogP contribution is 2.58. The number of amides is 2. The molecule has 2 saturated carbocycles. The van der Waals surface area contributed by atoms with E-state index in [1.807, 2.05) is 12.2 Å². The van der Waals surface area contributed by atoms with E-state index >= 15 is 0 Å². The third-order valence-electron chi connectivity index (χ3n) is 9.43. The zero-order valence-electron chi connectivity index (χ0n) is 21.3. The van der Waals surface area contributed by atoms with Crippen molar-refractivity contribution in [2.45, 2.75) is 51.7 Å². The Bertz CT molecular complexity index is 1120. The van der Waals surface area contributed by atoms with Gasteiger partial charge in [0, 0.05) is 12.5 Å². The molecule has 2 bridgehead atoms. The van der Waals surface area contributed by atoms with E-state index in [-0.39, 0.29) is 65.6 Å². The molecule has 0 spiro atoms. The number of allylic oxidation sites excluding steroid dienone is 5. The molecule has 0 unspecified atom stereocenters. The van der Waals surface area contributed by atoms with Crippen molar-refractivity contribution in [1.82, 2.24) is 10.6 Å². The van der Waals surface area contributed by atoms with E-state index in [9.17, 15) is 29.4 Å². The number of carbonyl (C=O) groups excluding carboxylic acids is 4. The molecule has 1 saturated heterocycles. The molecule has 2 heterocycles. The smallest absolute Gasteiger partial charge is 0.259 e. The number of hydrogen-bond donors (Lipinski definition) is 4. The lowest BCUT2D eigenvalue weighted by Gasteiger charge is -2.35. The van der Waals surface area contributed by atoms with Crippen LogP contribution in [-0.4, -0.2) is 52.3 Å². The fourth-order valence-corrected chi connectivity index (χ4v) is 7.84. The molecule has 8 nitrogen and oxygen atoms in total. The number of hydrogen-bond acceptors (Lipinski definition) is 6. The molecule has 0 aromatic carbocycles. The Morgan fingerprint density at radius 1 is 1.00 bits per heavy atom. The van der Waals surface area contributed by atoms with Crippen LogP contribution in [0.5, 0.6) is 0 Å². The minimum absolute atomic E-state index is 0.0530. The molecule has 198 valence electrons. The van der Waals surface area contributed by atoms with E-state index in [1.54, 1.807) is 6.92 Å². The van der Waals surface area contributed by atoms with Crippen molar-refractivity contribution in [1.29, 1.82) is 0 Å². The fourth-order valence-electron chi connectivity index (χ4n) is 7.84. The Labute approximate surface area is 217 Å². The quantitative estimate of drug-likeness (QED) is 0.317. The number of rotatable bonds is 1. The van der Waals surface area contributed by atoms with Crippen molar-refractivity contribution in [3.63, 3.8) is 0 Å². The average molecular weight is 509 g/mol. The Hall–Kier alpha value is -3.00. The molecule has 8 heteroatoms. The standard InChI is InChI=1S/C29H36N2O6/c1-14-12-20-19(25(14)15(2)32)8-7-18-17-4-3-5-24(35)30-11-10-23(34)27-28(36)26(29(37)31-27)22(33)9-6-16(17)13-21(18)20/h3,5-9,14,16-21,23,25,27,33-34H,4,10-13H2,1-2H3,(H,30,35)(H,31,37)/b5-3+,9-6+,26-22?/t14-,16-,17+,18-,19-,20+,21+,23-,25+,27+/m1/s1. The fraction of sp³-hybridized carbons (Fsp3) is 0.586. The maximum Gasteiger partial charge on any atom is 0.259 e.